The van der Waals surface area contributed by atoms with Crippen LogP contribution in [0.4, 0.5) is 87.4 Å². The molecule has 26 nitrogen and oxygen atoms in total. The number of pyridine rings is 4. The Hall–Kier alpha value is -13.5. The van der Waals surface area contributed by atoms with Crippen LogP contribution in [0.15, 0.2) is 214 Å². The molecule has 5 aromatic carbocycles. The molecule has 0 saturated carbocycles. The number of aromatic nitrogens is 4. The number of amides is 6. The first-order chi connectivity index (χ1) is 69.0. The number of carbonyl (C=O) groups excluding carboxylic acids is 6. The number of piperazine rings is 3. The van der Waals surface area contributed by atoms with Crippen molar-refractivity contribution >= 4 is 52.6 Å². The largest absolute Gasteiger partial charge is 0.489 e. The van der Waals surface area contributed by atoms with Gasteiger partial charge in [-0.1, -0.05) is 57.2 Å². The molecule has 0 radical (unpaired) electrons. The first-order valence-electron chi connectivity index (χ1n) is 47.2. The van der Waals surface area contributed by atoms with Crippen molar-refractivity contribution in [3.8, 4) is 28.7 Å². The molecule has 6 amide bonds. The fraction of sp³-hybridized carbons (Fsp3) is 0.442. The normalized spacial score (nSPS) is 19.7. The molecule has 6 saturated heterocycles. The molecular weight excluding hydrogens is 1940 g/mol. The van der Waals surface area contributed by atoms with E-state index in [-0.39, 0.29) is 133 Å². The summed E-state index contributed by atoms with van der Waals surface area (Å²) in [5, 5.41) is 0. The minimum atomic E-state index is -4.85. The van der Waals surface area contributed by atoms with E-state index in [1.54, 1.807) is 48.1 Å². The van der Waals surface area contributed by atoms with Gasteiger partial charge in [-0.05, 0) is 166 Å². The van der Waals surface area contributed by atoms with E-state index >= 15 is 0 Å². The SMILES string of the molecule is C.C=CCC1N(C(=O)c2cnccc2C(C)(F)F)CCC[C@@]1(Oc1ccc(C(F)(F)F)cc1)C(=O)N1CCN(c2ccccc2OCCOC)CC1.CC(F)(F)c1ccncc1C(=O)N1CCCC(Oc2ccc(C(F)(F)F)cc2)(C(=O)N2CCN(c3ccccn3)CC2)C1.CCCC1N(C(=O)c2cnccc2C(F)(F)F)CCC[C@@]1(Oc1ccc(C(F)(F)F)cc1)C(=O)N1CCN(c2ccccc2OCCOC)CC1. The summed E-state index contributed by atoms with van der Waals surface area (Å²) >= 11 is 0. The molecule has 15 rings (SSSR count). The smallest absolute Gasteiger partial charge is 0.417 e. The molecule has 3 unspecified atom stereocenters. The van der Waals surface area contributed by atoms with Crippen molar-refractivity contribution in [2.75, 3.05) is 160 Å². The average Bonchev–Trinajstić information content (AvgIpc) is 0.749. The maximum atomic E-state index is 14.9. The van der Waals surface area contributed by atoms with Gasteiger partial charge >= 0.3 is 24.7 Å². The number of carbonyl (C=O) groups is 6. The maximum absolute atomic E-state index is 14.9. The van der Waals surface area contributed by atoms with Crippen LogP contribution < -0.4 is 38.4 Å². The highest BCUT2D eigenvalue weighted by atomic mass is 19.4. The standard InChI is InChI=1S/C37H41F5N4O5.C36H40F6N4O5.C30H30F5N5O3.CH4/c1-4-8-32-36(51-27-13-11-26(12-14-27)37(40,41)42,16-7-18-46(32)33(47)28-25-43-17-15-29(28)35(2,38)39)34(48)45-21-19-44(20-22-45)30-9-5-6-10-31(30)50-24-23-49-3;1-3-7-31-34(51-26-12-10-25(11-13-26)35(37,38)39,15-6-17-46(31)32(47)27-24-43-16-14-28(27)36(40,41)42)33(48)45-20-18-44(19-21-45)29-8-4-5-9-30(29)50-23-22-49-2;1-28(31,32)24-10-13-36-19-23(24)26(41)40-14-4-11-29(20-40,43-22-8-6-21(7-9-22)30(33,34)35)27(42)39-17-15-38(16-18-39)25-5-2-3-12-37-25;/h4-6,9-15,17,25,32H,1,7-8,16,18-24H2,2-3H3;4-5,8-14,16,24,31H,3,6-7,15,17-23H2,1-2H3;2-3,5-10,12-13,19H,4,11,14-18,20H2,1H3;1H4/t32?,36-;31?,34-;;/m00../s1. The lowest BCUT2D eigenvalue weighted by Crippen LogP contribution is -2.69. The number of halogens is 16. The van der Waals surface area contributed by atoms with Crippen molar-refractivity contribution in [1.29, 1.82) is 0 Å². The lowest BCUT2D eigenvalue weighted by Gasteiger charge is -2.51. The number of alkyl halides is 16. The number of nitrogens with zero attached hydrogens (tertiary/aromatic N) is 13. The van der Waals surface area contributed by atoms with E-state index in [0.29, 0.717) is 117 Å². The Morgan fingerprint density at radius 3 is 1.17 bits per heavy atom. The first-order valence-corrected chi connectivity index (χ1v) is 47.2. The predicted octanol–water partition coefficient (Wildman–Crippen LogP) is 18.9. The van der Waals surface area contributed by atoms with Crippen LogP contribution in [0.25, 0.3) is 0 Å². The predicted molar refractivity (Wildman–Crippen MR) is 509 cm³/mol. The fourth-order valence-electron chi connectivity index (χ4n) is 19.0. The number of para-hydroxylation sites is 4. The Morgan fingerprint density at radius 1 is 0.397 bits per heavy atom. The second-order valence-electron chi connectivity index (χ2n) is 35.7. The topological polar surface area (TPSA) is 248 Å². The molecule has 146 heavy (non-hydrogen) atoms. The average molecular weight is 2060 g/mol. The summed E-state index contributed by atoms with van der Waals surface area (Å²) in [5.41, 5.74) is -9.74. The van der Waals surface area contributed by atoms with Gasteiger partial charge in [0.25, 0.3) is 47.3 Å². The van der Waals surface area contributed by atoms with E-state index in [2.05, 4.69) is 36.3 Å². The third-order valence-electron chi connectivity index (χ3n) is 26.1. The van der Waals surface area contributed by atoms with E-state index in [0.717, 1.165) is 133 Å². The third kappa shape index (κ3) is 26.3. The Labute approximate surface area is 834 Å². The van der Waals surface area contributed by atoms with Gasteiger partial charge in [-0.25, -0.2) is 22.5 Å². The van der Waals surface area contributed by atoms with Crippen LogP contribution in [0.2, 0.25) is 0 Å². The molecule has 5 atom stereocenters. The summed E-state index contributed by atoms with van der Waals surface area (Å²) in [6, 6.07) is 33.2. The molecule has 6 fully saturated rings. The van der Waals surface area contributed by atoms with Crippen LogP contribution in [0.5, 0.6) is 28.7 Å². The monoisotopic (exact) mass is 2060 g/mol. The van der Waals surface area contributed by atoms with Crippen molar-refractivity contribution < 1.29 is 132 Å². The summed E-state index contributed by atoms with van der Waals surface area (Å²) in [7, 11) is 3.16. The summed E-state index contributed by atoms with van der Waals surface area (Å²) in [6.45, 7) is 12.8. The number of likely N-dealkylation sites (tertiary alicyclic amines) is 3. The fourth-order valence-corrected chi connectivity index (χ4v) is 19.0. The number of piperidine rings is 3. The summed E-state index contributed by atoms with van der Waals surface area (Å²) in [6.07, 6.45) is -7.43. The van der Waals surface area contributed by atoms with Crippen molar-refractivity contribution in [2.24, 2.45) is 0 Å². The van der Waals surface area contributed by atoms with Crippen LogP contribution in [-0.2, 0) is 60.4 Å². The molecule has 0 bridgehead atoms. The Kier molecular flexibility index (Phi) is 36.4. The lowest BCUT2D eigenvalue weighted by atomic mass is 9.79. The summed E-state index contributed by atoms with van der Waals surface area (Å²) in [4.78, 5) is 116. The van der Waals surface area contributed by atoms with E-state index in [9.17, 15) is 99.0 Å². The van der Waals surface area contributed by atoms with Gasteiger partial charge in [-0.2, -0.15) is 52.7 Å². The molecule has 0 aliphatic carbocycles. The zero-order valence-corrected chi connectivity index (χ0v) is 80.2. The lowest BCUT2D eigenvalue weighted by molar-refractivity contribution is -0.160. The highest BCUT2D eigenvalue weighted by Gasteiger charge is 2.59. The van der Waals surface area contributed by atoms with Crippen LogP contribution >= 0.6 is 0 Å². The number of methoxy groups -OCH3 is 2. The van der Waals surface area contributed by atoms with E-state index in [4.69, 9.17) is 33.2 Å². The highest BCUT2D eigenvalue weighted by molar-refractivity contribution is 5.99. The maximum Gasteiger partial charge on any atom is 0.417 e. The molecule has 6 aliphatic rings. The number of rotatable bonds is 29. The Balaban J connectivity index is 0.000000195. The zero-order valence-electron chi connectivity index (χ0n) is 80.2. The molecule has 9 aromatic rings. The second-order valence-corrected chi connectivity index (χ2v) is 35.7. The van der Waals surface area contributed by atoms with Crippen LogP contribution in [-0.4, -0.2) is 259 Å². The summed E-state index contributed by atoms with van der Waals surface area (Å²) < 4.78 is 261. The van der Waals surface area contributed by atoms with Crippen molar-refractivity contribution in [3.63, 3.8) is 0 Å². The van der Waals surface area contributed by atoms with Crippen LogP contribution in [0.3, 0.4) is 0 Å². The van der Waals surface area contributed by atoms with E-state index in [1.807, 2.05) is 65.6 Å². The van der Waals surface area contributed by atoms with Gasteiger partial charge in [0.1, 0.15) is 47.8 Å². The minimum Gasteiger partial charge on any atom is -0.489 e. The van der Waals surface area contributed by atoms with Gasteiger partial charge in [-0.15, -0.1) is 6.58 Å². The quantitative estimate of drug-likeness (QED) is 0.0240. The van der Waals surface area contributed by atoms with Crippen LogP contribution in [0.1, 0.15) is 150 Å². The van der Waals surface area contributed by atoms with E-state index < -0.39 is 140 Å². The molecule has 0 spiro atoms. The molecule has 6 aliphatic heterocycles. The Bertz CT molecular complexity index is 5890. The summed E-state index contributed by atoms with van der Waals surface area (Å²) in [5.74, 6) is -8.51. The van der Waals surface area contributed by atoms with Gasteiger partial charge in [0.2, 0.25) is 16.8 Å². The number of benzene rings is 5. The van der Waals surface area contributed by atoms with Gasteiger partial charge < -0.3 is 77.3 Å². The number of hydrogen-bond donors (Lipinski definition) is 0. The van der Waals surface area contributed by atoms with Crippen LogP contribution in [0, 0.1) is 0 Å². The van der Waals surface area contributed by atoms with Gasteiger partial charge in [-0.3, -0.25) is 43.7 Å². The number of ether oxygens (including phenoxy) is 7. The van der Waals surface area contributed by atoms with Crippen molar-refractivity contribution in [3.05, 3.63) is 264 Å². The number of anilines is 3. The molecule has 0 N–H and O–H groups in total. The first kappa shape index (κ1) is 111. The van der Waals surface area contributed by atoms with E-state index in [1.165, 1.54) is 33.2 Å². The number of hydrogen-bond acceptors (Lipinski definition) is 20. The highest BCUT2D eigenvalue weighted by Crippen LogP contribution is 2.47. The van der Waals surface area contributed by atoms with Gasteiger partial charge in [0.05, 0.1) is 82.2 Å². The van der Waals surface area contributed by atoms with Crippen molar-refractivity contribution in [1.82, 2.24) is 49.3 Å². The van der Waals surface area contributed by atoms with Crippen molar-refractivity contribution in [2.45, 2.75) is 151 Å². The van der Waals surface area contributed by atoms with Gasteiger partial charge in [0, 0.05) is 194 Å². The molecule has 4 aromatic heterocycles. The Morgan fingerprint density at radius 2 is 0.774 bits per heavy atom. The molecule has 10 heterocycles. The second kappa shape index (κ2) is 47.8. The molecule has 786 valence electrons. The minimum absolute atomic E-state index is 0. The third-order valence-corrected chi connectivity index (χ3v) is 26.1. The van der Waals surface area contributed by atoms with Gasteiger partial charge in [0.15, 0.2) is 0 Å². The zero-order chi connectivity index (χ0) is 104. The molecule has 42 heteroatoms. The molecular formula is C104H115F16N13O13.